The Balaban J connectivity index is 1.99. The predicted molar refractivity (Wildman–Crippen MR) is 62.4 cm³/mol. The highest BCUT2D eigenvalue weighted by Crippen LogP contribution is 2.24. The van der Waals surface area contributed by atoms with Gasteiger partial charge in [0, 0.05) is 10.6 Å². The molecular weight excluding hydrogens is 258 g/mol. The zero-order valence-electron chi connectivity index (χ0n) is 8.87. The third kappa shape index (κ3) is 1.80. The molecule has 8 heteroatoms. The van der Waals surface area contributed by atoms with Gasteiger partial charge in [0.15, 0.2) is 0 Å². The molecule has 0 aliphatic heterocycles. The van der Waals surface area contributed by atoms with Crippen LogP contribution in [0.3, 0.4) is 0 Å². The van der Waals surface area contributed by atoms with Gasteiger partial charge in [-0.15, -0.1) is 0 Å². The van der Waals surface area contributed by atoms with E-state index < -0.39 is 0 Å². The number of nitrogens with two attached hydrogens (primary N) is 1. The smallest absolute Gasteiger partial charge is 0.284 e. The molecule has 0 aliphatic rings. The van der Waals surface area contributed by atoms with Crippen LogP contribution in [0.25, 0.3) is 23.0 Å². The third-order valence-corrected chi connectivity index (χ3v) is 2.50. The van der Waals surface area contributed by atoms with Gasteiger partial charge < -0.3 is 10.3 Å². The highest BCUT2D eigenvalue weighted by molar-refractivity contribution is 6.30. The summed E-state index contributed by atoms with van der Waals surface area (Å²) >= 11 is 5.79. The second-order valence-corrected chi connectivity index (χ2v) is 3.86. The lowest BCUT2D eigenvalue weighted by Gasteiger charge is -1.92. The predicted octanol–water partition coefficient (Wildman–Crippen LogP) is 2.02. The van der Waals surface area contributed by atoms with Gasteiger partial charge >= 0.3 is 0 Å². The van der Waals surface area contributed by atoms with Gasteiger partial charge in [0.2, 0.25) is 17.3 Å². The van der Waals surface area contributed by atoms with Crippen LogP contribution in [0.2, 0.25) is 5.02 Å². The van der Waals surface area contributed by atoms with Gasteiger partial charge in [-0.1, -0.05) is 16.8 Å². The molecule has 2 N–H and O–H groups in total. The number of aromatic nitrogens is 4. The average molecular weight is 264 g/mol. The first-order valence-electron chi connectivity index (χ1n) is 4.92. The fraction of sp³-hybridized carbons (Fsp3) is 0. The van der Waals surface area contributed by atoms with Gasteiger partial charge in [-0.25, -0.2) is 4.63 Å². The van der Waals surface area contributed by atoms with Crippen molar-refractivity contribution in [3.05, 3.63) is 29.3 Å². The monoisotopic (exact) mass is 263 g/mol. The number of nitrogen functional groups attached to an aromatic ring is 1. The van der Waals surface area contributed by atoms with Crippen LogP contribution in [-0.2, 0) is 0 Å². The van der Waals surface area contributed by atoms with E-state index in [-0.39, 0.29) is 17.4 Å². The normalized spacial score (nSPS) is 10.7. The number of benzene rings is 1. The maximum Gasteiger partial charge on any atom is 0.284 e. The van der Waals surface area contributed by atoms with Crippen LogP contribution in [0.5, 0.6) is 0 Å². The van der Waals surface area contributed by atoms with Crippen molar-refractivity contribution in [2.45, 2.75) is 0 Å². The highest BCUT2D eigenvalue weighted by Gasteiger charge is 2.17. The van der Waals surface area contributed by atoms with Crippen LogP contribution < -0.4 is 5.73 Å². The summed E-state index contributed by atoms with van der Waals surface area (Å²) in [7, 11) is 0. The van der Waals surface area contributed by atoms with Crippen molar-refractivity contribution in [1.82, 2.24) is 20.5 Å². The molecule has 0 fully saturated rings. The SMILES string of the molecule is Nc1nonc1-c1nc(-c2ccc(Cl)cc2)no1. The second kappa shape index (κ2) is 4.11. The Bertz CT molecular complexity index is 676. The van der Waals surface area contributed by atoms with Crippen molar-refractivity contribution in [2.24, 2.45) is 0 Å². The quantitative estimate of drug-likeness (QED) is 0.754. The van der Waals surface area contributed by atoms with Gasteiger partial charge in [0.25, 0.3) is 5.89 Å². The summed E-state index contributed by atoms with van der Waals surface area (Å²) in [4.78, 5) is 4.15. The molecule has 0 bridgehead atoms. The molecule has 0 saturated heterocycles. The Labute approximate surface area is 106 Å². The van der Waals surface area contributed by atoms with Crippen LogP contribution in [0.4, 0.5) is 5.82 Å². The fourth-order valence-electron chi connectivity index (χ4n) is 1.38. The van der Waals surface area contributed by atoms with Crippen LogP contribution in [0.15, 0.2) is 33.4 Å². The maximum absolute atomic E-state index is 5.79. The lowest BCUT2D eigenvalue weighted by molar-refractivity contribution is 0.308. The van der Waals surface area contributed by atoms with E-state index in [9.17, 15) is 0 Å². The summed E-state index contributed by atoms with van der Waals surface area (Å²) in [5.41, 5.74) is 6.52. The van der Waals surface area contributed by atoms with Crippen molar-refractivity contribution < 1.29 is 9.15 Å². The molecule has 90 valence electrons. The number of nitrogens with zero attached hydrogens (tertiary/aromatic N) is 4. The molecule has 18 heavy (non-hydrogen) atoms. The van der Waals surface area contributed by atoms with Gasteiger partial charge in [-0.2, -0.15) is 4.98 Å². The topological polar surface area (TPSA) is 104 Å². The zero-order chi connectivity index (χ0) is 12.5. The van der Waals surface area contributed by atoms with E-state index in [0.29, 0.717) is 10.8 Å². The van der Waals surface area contributed by atoms with Gasteiger partial charge in [0.1, 0.15) is 0 Å². The van der Waals surface area contributed by atoms with Crippen molar-refractivity contribution in [3.63, 3.8) is 0 Å². The summed E-state index contributed by atoms with van der Waals surface area (Å²) in [6.07, 6.45) is 0. The third-order valence-electron chi connectivity index (χ3n) is 2.24. The Kier molecular flexibility index (Phi) is 2.45. The largest absolute Gasteiger partial charge is 0.379 e. The summed E-state index contributed by atoms with van der Waals surface area (Å²) < 4.78 is 9.50. The highest BCUT2D eigenvalue weighted by atomic mass is 35.5. The molecule has 0 unspecified atom stereocenters. The number of hydrogen-bond donors (Lipinski definition) is 1. The first-order chi connectivity index (χ1) is 8.74. The van der Waals surface area contributed by atoms with Crippen LogP contribution in [0, 0.1) is 0 Å². The summed E-state index contributed by atoms with van der Waals surface area (Å²) in [6.45, 7) is 0. The van der Waals surface area contributed by atoms with Crippen LogP contribution >= 0.6 is 11.6 Å². The molecule has 1 aromatic carbocycles. The molecule has 0 radical (unpaired) electrons. The number of rotatable bonds is 2. The average Bonchev–Trinajstić information content (AvgIpc) is 2.98. The van der Waals surface area contributed by atoms with Crippen LogP contribution in [0.1, 0.15) is 0 Å². The molecule has 0 aliphatic carbocycles. The molecule has 0 amide bonds. The fourth-order valence-corrected chi connectivity index (χ4v) is 1.51. The van der Waals surface area contributed by atoms with Gasteiger partial charge in [-0.3, -0.25) is 0 Å². The van der Waals surface area contributed by atoms with Gasteiger partial charge in [-0.05, 0) is 34.6 Å². The molecule has 3 rings (SSSR count). The van der Waals surface area contributed by atoms with E-state index in [0.717, 1.165) is 5.56 Å². The minimum Gasteiger partial charge on any atom is -0.379 e. The van der Waals surface area contributed by atoms with E-state index in [4.69, 9.17) is 21.9 Å². The Morgan fingerprint density at radius 2 is 1.83 bits per heavy atom. The first-order valence-corrected chi connectivity index (χ1v) is 5.30. The van der Waals surface area contributed by atoms with Gasteiger partial charge in [0.05, 0.1) is 0 Å². The number of halogens is 1. The molecule has 7 nitrogen and oxygen atoms in total. The molecule has 0 saturated carbocycles. The summed E-state index contributed by atoms with van der Waals surface area (Å²) in [5.74, 6) is 0.657. The van der Waals surface area contributed by atoms with Crippen molar-refractivity contribution in [3.8, 4) is 23.0 Å². The van der Waals surface area contributed by atoms with Crippen molar-refractivity contribution >= 4 is 17.4 Å². The molecular formula is C10H6ClN5O2. The molecule has 0 atom stereocenters. The lowest BCUT2D eigenvalue weighted by atomic mass is 10.2. The van der Waals surface area contributed by atoms with Crippen molar-refractivity contribution in [1.29, 1.82) is 0 Å². The zero-order valence-corrected chi connectivity index (χ0v) is 9.63. The standard InChI is InChI=1S/C10H6ClN5O2/c11-6-3-1-5(2-4-6)9-13-10(17-16-9)7-8(12)15-18-14-7/h1-4H,(H2,12,15). The molecule has 3 aromatic rings. The lowest BCUT2D eigenvalue weighted by Crippen LogP contribution is -1.88. The molecule has 2 aromatic heterocycles. The Morgan fingerprint density at radius 1 is 1.06 bits per heavy atom. The summed E-state index contributed by atoms with van der Waals surface area (Å²) in [6, 6.07) is 7.03. The maximum atomic E-state index is 5.79. The molecule has 0 spiro atoms. The Morgan fingerprint density at radius 3 is 2.50 bits per heavy atom. The molecule has 2 heterocycles. The number of hydrogen-bond acceptors (Lipinski definition) is 7. The van der Waals surface area contributed by atoms with E-state index in [2.05, 4.69) is 25.1 Å². The minimum absolute atomic E-state index is 0.0984. The number of anilines is 1. The van der Waals surface area contributed by atoms with E-state index in [1.807, 2.05) is 0 Å². The summed E-state index contributed by atoms with van der Waals surface area (Å²) in [5, 5.41) is 11.5. The van der Waals surface area contributed by atoms with Crippen LogP contribution in [-0.4, -0.2) is 20.5 Å². The first kappa shape index (κ1) is 10.7. The van der Waals surface area contributed by atoms with Crippen molar-refractivity contribution in [2.75, 3.05) is 5.73 Å². The Hall–Kier alpha value is -2.41. The van der Waals surface area contributed by atoms with E-state index in [1.54, 1.807) is 24.3 Å². The minimum atomic E-state index is 0.0984. The van der Waals surface area contributed by atoms with E-state index in [1.165, 1.54) is 0 Å². The van der Waals surface area contributed by atoms with E-state index >= 15 is 0 Å². The second-order valence-electron chi connectivity index (χ2n) is 3.43.